The summed E-state index contributed by atoms with van der Waals surface area (Å²) in [5, 5.41) is 15.8. The Labute approximate surface area is 241 Å². The number of carbonyl (C=O) groups is 3. The predicted octanol–water partition coefficient (Wildman–Crippen LogP) is 4.32. The minimum absolute atomic E-state index is 0.00777. The Morgan fingerprint density at radius 3 is 2.07 bits per heavy atom. The van der Waals surface area contributed by atoms with Gasteiger partial charge in [0.25, 0.3) is 0 Å². The van der Waals surface area contributed by atoms with Crippen LogP contribution >= 0.6 is 0 Å². The number of hydrogen-bond donors (Lipinski definition) is 3. The Kier molecular flexibility index (Phi) is 11.3. The fourth-order valence-corrected chi connectivity index (χ4v) is 5.02. The first-order valence-corrected chi connectivity index (χ1v) is 14.2. The number of cyclic esters (lactones) is 1. The molecule has 4 atom stereocenters. The maximum absolute atomic E-state index is 13.5. The van der Waals surface area contributed by atoms with Crippen LogP contribution in [0, 0.1) is 11.8 Å². The number of esters is 1. The predicted molar refractivity (Wildman–Crippen MR) is 158 cm³/mol. The van der Waals surface area contributed by atoms with Crippen LogP contribution in [0.25, 0.3) is 0 Å². The highest BCUT2D eigenvalue weighted by molar-refractivity contribution is 5.86. The molecule has 0 aromatic heterocycles. The van der Waals surface area contributed by atoms with Crippen LogP contribution < -0.4 is 10.6 Å². The number of benzene rings is 3. The fourth-order valence-electron chi connectivity index (χ4n) is 5.02. The highest BCUT2D eigenvalue weighted by Crippen LogP contribution is 2.22. The number of carbonyl (C=O) groups excluding carboxylic acids is 3. The molecule has 0 saturated heterocycles. The smallest absolute Gasteiger partial charge is 0.309 e. The van der Waals surface area contributed by atoms with E-state index < -0.39 is 18.0 Å². The molecule has 0 saturated carbocycles. The van der Waals surface area contributed by atoms with Crippen LogP contribution in [0.1, 0.15) is 42.0 Å². The first kappa shape index (κ1) is 29.7. The standard InChI is InChI=1S/C34H38N2O5/c37-23-30(21-26-14-6-2-7-15-26)35-32(38)22-28-18-10-11-19-29(20-25-12-4-1-5-13-25)34(40)41-24-31(36-33(28)39)27-16-8-3-9-17-27/h1-17,28-31,37H,18-24H2,(H,35,38)(H,36,39)/t28-,29-,30+,31+/m1/s1. The van der Waals surface area contributed by atoms with E-state index in [1.54, 1.807) is 0 Å². The molecule has 0 radical (unpaired) electrons. The van der Waals surface area contributed by atoms with Crippen LogP contribution in [0.3, 0.4) is 0 Å². The maximum atomic E-state index is 13.5. The molecular weight excluding hydrogens is 516 g/mol. The number of amides is 2. The van der Waals surface area contributed by atoms with E-state index in [9.17, 15) is 19.5 Å². The number of ether oxygens (including phenoxy) is 1. The SMILES string of the molecule is O=C(C[C@H]1CC=CC[C@H](Cc2ccccc2)C(=O)OC[C@@H](c2ccccc2)NC1=O)N[C@H](CO)Cc1ccccc1. The lowest BCUT2D eigenvalue weighted by atomic mass is 9.94. The highest BCUT2D eigenvalue weighted by Gasteiger charge is 2.28. The second-order valence-electron chi connectivity index (χ2n) is 10.5. The van der Waals surface area contributed by atoms with Crippen LogP contribution in [0.2, 0.25) is 0 Å². The topological polar surface area (TPSA) is 105 Å². The lowest BCUT2D eigenvalue weighted by molar-refractivity contribution is -0.150. The summed E-state index contributed by atoms with van der Waals surface area (Å²) in [4.78, 5) is 39.6. The molecule has 41 heavy (non-hydrogen) atoms. The van der Waals surface area contributed by atoms with Crippen molar-refractivity contribution in [3.05, 3.63) is 120 Å². The monoisotopic (exact) mass is 554 g/mol. The molecule has 1 aliphatic heterocycles. The van der Waals surface area contributed by atoms with Crippen molar-refractivity contribution in [2.75, 3.05) is 13.2 Å². The molecule has 7 nitrogen and oxygen atoms in total. The normalized spacial score (nSPS) is 20.6. The van der Waals surface area contributed by atoms with Gasteiger partial charge in [-0.1, -0.05) is 103 Å². The van der Waals surface area contributed by atoms with Crippen molar-refractivity contribution in [3.63, 3.8) is 0 Å². The third-order valence-electron chi connectivity index (χ3n) is 7.29. The number of nitrogens with one attached hydrogen (secondary N) is 2. The zero-order chi connectivity index (χ0) is 28.9. The summed E-state index contributed by atoms with van der Waals surface area (Å²) in [5.74, 6) is -1.90. The molecule has 3 N–H and O–H groups in total. The summed E-state index contributed by atoms with van der Waals surface area (Å²) in [6.07, 6.45) is 5.58. The summed E-state index contributed by atoms with van der Waals surface area (Å²) in [6.45, 7) is -0.214. The first-order chi connectivity index (χ1) is 20.0. The average Bonchev–Trinajstić information content (AvgIpc) is 3.00. The van der Waals surface area contributed by atoms with Crippen LogP contribution in [0.4, 0.5) is 0 Å². The van der Waals surface area contributed by atoms with Crippen molar-refractivity contribution in [3.8, 4) is 0 Å². The van der Waals surface area contributed by atoms with Gasteiger partial charge in [0.05, 0.1) is 30.5 Å². The summed E-state index contributed by atoms with van der Waals surface area (Å²) < 4.78 is 5.76. The van der Waals surface area contributed by atoms with E-state index in [4.69, 9.17) is 4.74 Å². The molecule has 7 heteroatoms. The Morgan fingerprint density at radius 2 is 1.44 bits per heavy atom. The molecule has 1 aliphatic rings. The van der Waals surface area contributed by atoms with Crippen LogP contribution in [0.5, 0.6) is 0 Å². The molecule has 214 valence electrons. The fraction of sp³-hybridized carbons (Fsp3) is 0.324. The van der Waals surface area contributed by atoms with E-state index in [-0.39, 0.29) is 43.3 Å². The largest absolute Gasteiger partial charge is 0.463 e. The molecule has 4 rings (SSSR count). The molecular formula is C34H38N2O5. The summed E-state index contributed by atoms with van der Waals surface area (Å²) in [7, 11) is 0. The molecule has 0 unspecified atom stereocenters. The lowest BCUT2D eigenvalue weighted by Crippen LogP contribution is -2.42. The van der Waals surface area contributed by atoms with Gasteiger partial charge in [0.2, 0.25) is 11.8 Å². The lowest BCUT2D eigenvalue weighted by Gasteiger charge is -2.25. The molecule has 3 aromatic carbocycles. The van der Waals surface area contributed by atoms with E-state index in [1.165, 1.54) is 0 Å². The quantitative estimate of drug-likeness (QED) is 0.270. The van der Waals surface area contributed by atoms with Gasteiger partial charge < -0.3 is 20.5 Å². The van der Waals surface area contributed by atoms with Gasteiger partial charge in [-0.3, -0.25) is 14.4 Å². The van der Waals surface area contributed by atoms with E-state index in [0.717, 1.165) is 16.7 Å². The summed E-state index contributed by atoms with van der Waals surface area (Å²) in [6, 6.07) is 27.8. The zero-order valence-corrected chi connectivity index (χ0v) is 23.2. The van der Waals surface area contributed by atoms with Crippen molar-refractivity contribution in [1.82, 2.24) is 10.6 Å². The minimum Gasteiger partial charge on any atom is -0.463 e. The Morgan fingerprint density at radius 1 is 0.854 bits per heavy atom. The second kappa shape index (κ2) is 15.5. The van der Waals surface area contributed by atoms with Gasteiger partial charge in [-0.15, -0.1) is 0 Å². The highest BCUT2D eigenvalue weighted by atomic mass is 16.5. The first-order valence-electron chi connectivity index (χ1n) is 14.2. The van der Waals surface area contributed by atoms with Gasteiger partial charge in [0, 0.05) is 6.42 Å². The molecule has 0 bridgehead atoms. The summed E-state index contributed by atoms with van der Waals surface area (Å²) >= 11 is 0. The van der Waals surface area contributed by atoms with Crippen LogP contribution in [0.15, 0.2) is 103 Å². The van der Waals surface area contributed by atoms with Gasteiger partial charge in [-0.05, 0) is 42.4 Å². The van der Waals surface area contributed by atoms with E-state index in [0.29, 0.717) is 25.7 Å². The van der Waals surface area contributed by atoms with Crippen molar-refractivity contribution < 1.29 is 24.2 Å². The summed E-state index contributed by atoms with van der Waals surface area (Å²) in [5.41, 5.74) is 2.86. The number of rotatable bonds is 9. The maximum Gasteiger partial charge on any atom is 0.309 e. The molecule has 0 spiro atoms. The van der Waals surface area contributed by atoms with Gasteiger partial charge in [-0.25, -0.2) is 0 Å². The second-order valence-corrected chi connectivity index (χ2v) is 10.5. The van der Waals surface area contributed by atoms with Crippen molar-refractivity contribution in [2.45, 2.75) is 44.2 Å². The van der Waals surface area contributed by atoms with Crippen molar-refractivity contribution in [1.29, 1.82) is 0 Å². The van der Waals surface area contributed by atoms with Crippen molar-refractivity contribution in [2.24, 2.45) is 11.8 Å². The number of aliphatic hydroxyl groups excluding tert-OH is 1. The third-order valence-corrected chi connectivity index (χ3v) is 7.29. The molecule has 0 fully saturated rings. The Bertz CT molecular complexity index is 1280. The number of aliphatic hydroxyl groups is 1. The van der Waals surface area contributed by atoms with E-state index in [2.05, 4.69) is 10.6 Å². The Balaban J connectivity index is 1.49. The zero-order valence-electron chi connectivity index (χ0n) is 23.2. The average molecular weight is 555 g/mol. The van der Waals surface area contributed by atoms with Crippen LogP contribution in [-0.4, -0.2) is 42.1 Å². The van der Waals surface area contributed by atoms with Gasteiger partial charge >= 0.3 is 5.97 Å². The van der Waals surface area contributed by atoms with Gasteiger partial charge in [0.1, 0.15) is 6.61 Å². The van der Waals surface area contributed by atoms with E-state index >= 15 is 0 Å². The minimum atomic E-state index is -0.628. The molecule has 3 aromatic rings. The third kappa shape index (κ3) is 9.43. The Hall–Kier alpha value is -4.23. The van der Waals surface area contributed by atoms with E-state index in [1.807, 2.05) is 103 Å². The molecule has 2 amide bonds. The van der Waals surface area contributed by atoms with Gasteiger partial charge in [0.15, 0.2) is 0 Å². The van der Waals surface area contributed by atoms with Crippen molar-refractivity contribution >= 4 is 17.8 Å². The number of hydrogen-bond acceptors (Lipinski definition) is 5. The molecule has 0 aliphatic carbocycles. The number of allylic oxidation sites excluding steroid dienone is 2. The van der Waals surface area contributed by atoms with Crippen LogP contribution in [-0.2, 0) is 32.0 Å². The molecule has 1 heterocycles. The van der Waals surface area contributed by atoms with Gasteiger partial charge in [-0.2, -0.15) is 0 Å².